The van der Waals surface area contributed by atoms with Gasteiger partial charge in [0.25, 0.3) is 0 Å². The van der Waals surface area contributed by atoms with Crippen molar-refractivity contribution in [1.82, 2.24) is 10.2 Å². The molecule has 1 fully saturated rings. The van der Waals surface area contributed by atoms with E-state index in [1.165, 1.54) is 37.1 Å². The van der Waals surface area contributed by atoms with E-state index in [-0.39, 0.29) is 0 Å². The fourth-order valence-corrected chi connectivity index (χ4v) is 3.56. The van der Waals surface area contributed by atoms with Crippen LogP contribution in [0.5, 0.6) is 0 Å². The summed E-state index contributed by atoms with van der Waals surface area (Å²) >= 11 is 0. The van der Waals surface area contributed by atoms with E-state index in [9.17, 15) is 0 Å². The lowest BCUT2D eigenvalue weighted by Crippen LogP contribution is -2.35. The number of rotatable bonds is 6. The average Bonchev–Trinajstić information content (AvgIpc) is 2.66. The Labute approximate surface area is 157 Å². The zero-order chi connectivity index (χ0) is 18.2. The zero-order valence-electron chi connectivity index (χ0n) is 15.7. The minimum Gasteiger partial charge on any atom is -0.370 e. The van der Waals surface area contributed by atoms with Gasteiger partial charge in [-0.2, -0.15) is 0 Å². The summed E-state index contributed by atoms with van der Waals surface area (Å²) in [5.41, 5.74) is 9.89. The first-order valence-corrected chi connectivity index (χ1v) is 9.57. The molecule has 0 aliphatic carbocycles. The maximum atomic E-state index is 6.05. The molecule has 4 nitrogen and oxygen atoms in total. The van der Waals surface area contributed by atoms with Gasteiger partial charge in [0.1, 0.15) is 0 Å². The number of hydrogen-bond donors (Lipinski definition) is 2. The molecule has 3 rings (SSSR count). The highest BCUT2D eigenvalue weighted by atomic mass is 15.1. The van der Waals surface area contributed by atoms with Crippen LogP contribution in [0.15, 0.2) is 59.6 Å². The lowest BCUT2D eigenvalue weighted by Gasteiger charge is -2.31. The highest BCUT2D eigenvalue weighted by Crippen LogP contribution is 2.19. The maximum Gasteiger partial charge on any atom is 0.189 e. The monoisotopic (exact) mass is 350 g/mol. The fourth-order valence-electron chi connectivity index (χ4n) is 3.56. The van der Waals surface area contributed by atoms with Crippen molar-refractivity contribution in [2.75, 3.05) is 13.1 Å². The third kappa shape index (κ3) is 5.60. The average molecular weight is 351 g/mol. The fraction of sp³-hybridized carbons (Fsp3) is 0.409. The van der Waals surface area contributed by atoms with Gasteiger partial charge in [0.15, 0.2) is 5.96 Å². The van der Waals surface area contributed by atoms with Crippen LogP contribution in [0.3, 0.4) is 0 Å². The highest BCUT2D eigenvalue weighted by Gasteiger charge is 2.17. The number of aliphatic imine (C=N–C) groups is 1. The molecule has 0 aromatic heterocycles. The van der Waals surface area contributed by atoms with Gasteiger partial charge in [0.2, 0.25) is 0 Å². The minimum absolute atomic E-state index is 0.496. The van der Waals surface area contributed by atoms with Crippen LogP contribution in [0.4, 0.5) is 0 Å². The Morgan fingerprint density at radius 1 is 1.12 bits per heavy atom. The quantitative estimate of drug-likeness (QED) is 0.619. The molecule has 0 unspecified atom stereocenters. The number of nitrogens with one attached hydrogen (secondary N) is 1. The summed E-state index contributed by atoms with van der Waals surface area (Å²) in [6.07, 6.45) is 2.66. The Morgan fingerprint density at radius 2 is 1.85 bits per heavy atom. The molecule has 0 saturated carbocycles. The van der Waals surface area contributed by atoms with Gasteiger partial charge in [-0.25, -0.2) is 4.99 Å². The van der Waals surface area contributed by atoms with E-state index in [2.05, 4.69) is 58.5 Å². The van der Waals surface area contributed by atoms with Crippen LogP contribution in [-0.4, -0.2) is 23.9 Å². The summed E-state index contributed by atoms with van der Waals surface area (Å²) < 4.78 is 0. The molecule has 2 aromatic carbocycles. The molecule has 1 heterocycles. The van der Waals surface area contributed by atoms with E-state index in [0.717, 1.165) is 18.0 Å². The lowest BCUT2D eigenvalue weighted by atomic mass is 9.99. The van der Waals surface area contributed by atoms with Crippen LogP contribution in [0.1, 0.15) is 36.5 Å². The summed E-state index contributed by atoms with van der Waals surface area (Å²) in [5.74, 6) is 1.30. The molecular weight excluding hydrogens is 320 g/mol. The van der Waals surface area contributed by atoms with Gasteiger partial charge in [-0.1, -0.05) is 61.5 Å². The van der Waals surface area contributed by atoms with E-state index in [1.54, 1.807) is 0 Å². The number of benzene rings is 2. The lowest BCUT2D eigenvalue weighted by molar-refractivity contribution is 0.176. The Balaban J connectivity index is 1.56. The Bertz CT molecular complexity index is 711. The number of hydrogen-bond acceptors (Lipinski definition) is 2. The van der Waals surface area contributed by atoms with Gasteiger partial charge in [-0.3, -0.25) is 4.90 Å². The number of nitrogens with zero attached hydrogens (tertiary/aromatic N) is 2. The molecule has 138 valence electrons. The molecule has 1 saturated heterocycles. The molecule has 0 spiro atoms. The minimum atomic E-state index is 0.496. The number of guanidine groups is 1. The van der Waals surface area contributed by atoms with E-state index in [4.69, 9.17) is 5.73 Å². The smallest absolute Gasteiger partial charge is 0.189 e. The summed E-state index contributed by atoms with van der Waals surface area (Å²) in [6.45, 7) is 7.08. The maximum absolute atomic E-state index is 6.05. The van der Waals surface area contributed by atoms with Crippen LogP contribution in [0.25, 0.3) is 0 Å². The number of nitrogens with two attached hydrogens (primary N) is 1. The van der Waals surface area contributed by atoms with Gasteiger partial charge in [-0.15, -0.1) is 0 Å². The summed E-state index contributed by atoms with van der Waals surface area (Å²) in [4.78, 5) is 7.01. The Kier molecular flexibility index (Phi) is 6.67. The molecule has 26 heavy (non-hydrogen) atoms. The predicted molar refractivity (Wildman–Crippen MR) is 109 cm³/mol. The normalized spacial score (nSPS) is 18.7. The number of likely N-dealkylation sites (tertiary alicyclic amines) is 1. The van der Waals surface area contributed by atoms with Crippen molar-refractivity contribution in [3.8, 4) is 0 Å². The standard InChI is InChI=1S/C22H30N4/c1-18-8-7-13-26(16-18)17-21-12-6-5-11-20(21)15-25-22(23)24-14-19-9-3-2-4-10-19/h2-6,9-12,18H,7-8,13-17H2,1H3,(H3,23,24,25)/t18-/m0/s1. The Morgan fingerprint density at radius 3 is 2.62 bits per heavy atom. The van der Waals surface area contributed by atoms with Gasteiger partial charge in [0.05, 0.1) is 6.54 Å². The SMILES string of the molecule is C[C@H]1CCCN(Cc2ccccc2CNC(N)=NCc2ccccc2)C1. The van der Waals surface area contributed by atoms with E-state index in [1.807, 2.05) is 18.2 Å². The first kappa shape index (κ1) is 18.5. The van der Waals surface area contributed by atoms with E-state index >= 15 is 0 Å². The molecular formula is C22H30N4. The second-order valence-corrected chi connectivity index (χ2v) is 7.29. The zero-order valence-corrected chi connectivity index (χ0v) is 15.7. The third-order valence-electron chi connectivity index (χ3n) is 4.99. The number of piperidine rings is 1. The van der Waals surface area contributed by atoms with Gasteiger partial charge >= 0.3 is 0 Å². The van der Waals surface area contributed by atoms with Crippen LogP contribution in [0, 0.1) is 5.92 Å². The van der Waals surface area contributed by atoms with Crippen molar-refractivity contribution in [2.24, 2.45) is 16.6 Å². The third-order valence-corrected chi connectivity index (χ3v) is 4.99. The largest absolute Gasteiger partial charge is 0.370 e. The van der Waals surface area contributed by atoms with Crippen LogP contribution in [-0.2, 0) is 19.6 Å². The molecule has 3 N–H and O–H groups in total. The molecule has 0 amide bonds. The summed E-state index contributed by atoms with van der Waals surface area (Å²) in [5, 5.41) is 3.26. The molecule has 4 heteroatoms. The van der Waals surface area contributed by atoms with Crippen molar-refractivity contribution in [3.05, 3.63) is 71.3 Å². The Hall–Kier alpha value is -2.33. The van der Waals surface area contributed by atoms with Crippen LogP contribution >= 0.6 is 0 Å². The van der Waals surface area contributed by atoms with Crippen molar-refractivity contribution in [2.45, 2.75) is 39.4 Å². The predicted octanol–water partition coefficient (Wildman–Crippen LogP) is 3.52. The molecule has 2 aromatic rings. The van der Waals surface area contributed by atoms with Crippen LogP contribution < -0.4 is 11.1 Å². The molecule has 1 atom stereocenters. The first-order chi connectivity index (χ1) is 12.7. The van der Waals surface area contributed by atoms with Gasteiger partial charge in [0, 0.05) is 19.6 Å². The van der Waals surface area contributed by atoms with Crippen molar-refractivity contribution < 1.29 is 0 Å². The molecule has 0 bridgehead atoms. The van der Waals surface area contributed by atoms with Crippen molar-refractivity contribution >= 4 is 5.96 Å². The van der Waals surface area contributed by atoms with Gasteiger partial charge in [-0.05, 0) is 42.0 Å². The second kappa shape index (κ2) is 9.39. The second-order valence-electron chi connectivity index (χ2n) is 7.29. The van der Waals surface area contributed by atoms with E-state index in [0.29, 0.717) is 19.0 Å². The first-order valence-electron chi connectivity index (χ1n) is 9.57. The molecule has 1 aliphatic rings. The van der Waals surface area contributed by atoms with E-state index < -0.39 is 0 Å². The summed E-state index contributed by atoms with van der Waals surface area (Å²) in [6, 6.07) is 18.8. The summed E-state index contributed by atoms with van der Waals surface area (Å²) in [7, 11) is 0. The molecule has 0 radical (unpaired) electrons. The topological polar surface area (TPSA) is 53.6 Å². The van der Waals surface area contributed by atoms with Gasteiger partial charge < -0.3 is 11.1 Å². The van der Waals surface area contributed by atoms with Crippen molar-refractivity contribution in [3.63, 3.8) is 0 Å². The van der Waals surface area contributed by atoms with Crippen molar-refractivity contribution in [1.29, 1.82) is 0 Å². The highest BCUT2D eigenvalue weighted by molar-refractivity contribution is 5.77. The molecule has 1 aliphatic heterocycles. The van der Waals surface area contributed by atoms with Crippen LogP contribution in [0.2, 0.25) is 0 Å².